The van der Waals surface area contributed by atoms with E-state index < -0.39 is 0 Å². The molecule has 0 radical (unpaired) electrons. The van der Waals surface area contributed by atoms with Crippen molar-refractivity contribution in [3.05, 3.63) is 5.01 Å². The number of aromatic nitrogens is 2. The van der Waals surface area contributed by atoms with Crippen molar-refractivity contribution in [2.24, 2.45) is 5.41 Å². The summed E-state index contributed by atoms with van der Waals surface area (Å²) in [5.41, 5.74) is -0.231. The fourth-order valence-corrected chi connectivity index (χ4v) is 2.81. The molecular weight excluding hydrogens is 236 g/mol. The third-order valence-electron chi connectivity index (χ3n) is 3.47. The van der Waals surface area contributed by atoms with Crippen LogP contribution in [0.1, 0.15) is 31.2 Å². The second kappa shape index (κ2) is 5.10. The standard InChI is InChI=1S/C11H18N4OS/c1-3-11(4-6-12-7-5-11)9(16)13-10-15-14-8(2)17-10/h12H,3-7H2,1-2H3,(H,13,15,16). The van der Waals surface area contributed by atoms with Crippen molar-refractivity contribution in [3.8, 4) is 0 Å². The molecule has 1 aliphatic rings. The smallest absolute Gasteiger partial charge is 0.232 e. The number of carbonyl (C=O) groups is 1. The number of carbonyl (C=O) groups excluding carboxylic acids is 1. The lowest BCUT2D eigenvalue weighted by atomic mass is 9.76. The van der Waals surface area contributed by atoms with Crippen molar-refractivity contribution >= 4 is 22.4 Å². The highest BCUT2D eigenvalue weighted by Crippen LogP contribution is 2.34. The van der Waals surface area contributed by atoms with Gasteiger partial charge in [0.05, 0.1) is 5.41 Å². The summed E-state index contributed by atoms with van der Waals surface area (Å²) >= 11 is 1.42. The molecule has 0 unspecified atom stereocenters. The minimum atomic E-state index is -0.231. The zero-order valence-corrected chi connectivity index (χ0v) is 11.1. The molecule has 0 bridgehead atoms. The van der Waals surface area contributed by atoms with Gasteiger partial charge in [0.2, 0.25) is 11.0 Å². The van der Waals surface area contributed by atoms with Crippen molar-refractivity contribution in [3.63, 3.8) is 0 Å². The maximum absolute atomic E-state index is 12.3. The number of aryl methyl sites for hydroxylation is 1. The van der Waals surface area contributed by atoms with Gasteiger partial charge in [-0.05, 0) is 39.3 Å². The van der Waals surface area contributed by atoms with Crippen LogP contribution in [0, 0.1) is 12.3 Å². The van der Waals surface area contributed by atoms with Gasteiger partial charge in [0.25, 0.3) is 0 Å². The fraction of sp³-hybridized carbons (Fsp3) is 0.727. The molecule has 2 N–H and O–H groups in total. The third-order valence-corrected chi connectivity index (χ3v) is 4.22. The molecule has 0 saturated carbocycles. The molecule has 0 spiro atoms. The summed E-state index contributed by atoms with van der Waals surface area (Å²) in [5, 5.41) is 15.5. The highest BCUT2D eigenvalue weighted by molar-refractivity contribution is 7.15. The molecule has 1 amide bonds. The predicted molar refractivity (Wildman–Crippen MR) is 68.1 cm³/mol. The Morgan fingerprint density at radius 3 is 2.71 bits per heavy atom. The van der Waals surface area contributed by atoms with E-state index in [1.165, 1.54) is 11.3 Å². The summed E-state index contributed by atoms with van der Waals surface area (Å²) in [5.74, 6) is 0.0950. The van der Waals surface area contributed by atoms with Crippen LogP contribution in [0.15, 0.2) is 0 Å². The Labute approximate surface area is 105 Å². The Kier molecular flexibility index (Phi) is 3.73. The first-order chi connectivity index (χ1) is 8.16. The zero-order valence-electron chi connectivity index (χ0n) is 10.2. The molecule has 0 aromatic carbocycles. The van der Waals surface area contributed by atoms with Gasteiger partial charge in [-0.25, -0.2) is 0 Å². The summed E-state index contributed by atoms with van der Waals surface area (Å²) in [6, 6.07) is 0. The molecule has 94 valence electrons. The SMILES string of the molecule is CCC1(C(=O)Nc2nnc(C)s2)CCNCC1. The summed E-state index contributed by atoms with van der Waals surface area (Å²) in [6.07, 6.45) is 2.67. The van der Waals surface area contributed by atoms with E-state index in [4.69, 9.17) is 0 Å². The van der Waals surface area contributed by atoms with Gasteiger partial charge in [0, 0.05) is 0 Å². The van der Waals surface area contributed by atoms with Gasteiger partial charge in [0.1, 0.15) is 5.01 Å². The lowest BCUT2D eigenvalue weighted by Gasteiger charge is -2.34. The van der Waals surface area contributed by atoms with E-state index in [1.807, 2.05) is 6.92 Å². The van der Waals surface area contributed by atoms with Gasteiger partial charge in [-0.3, -0.25) is 4.79 Å². The molecule has 1 aromatic rings. The molecule has 0 atom stereocenters. The van der Waals surface area contributed by atoms with Crippen LogP contribution in [0.25, 0.3) is 0 Å². The van der Waals surface area contributed by atoms with Crippen LogP contribution in [-0.4, -0.2) is 29.2 Å². The summed E-state index contributed by atoms with van der Waals surface area (Å²) in [7, 11) is 0. The normalized spacial score (nSPS) is 18.9. The number of piperidine rings is 1. The van der Waals surface area contributed by atoms with Crippen LogP contribution < -0.4 is 10.6 Å². The Morgan fingerprint density at radius 2 is 2.18 bits per heavy atom. The van der Waals surface area contributed by atoms with Crippen molar-refractivity contribution in [2.75, 3.05) is 18.4 Å². The molecule has 1 fully saturated rings. The van der Waals surface area contributed by atoms with Gasteiger partial charge < -0.3 is 10.6 Å². The molecule has 6 heteroatoms. The Morgan fingerprint density at radius 1 is 1.47 bits per heavy atom. The second-order valence-electron chi connectivity index (χ2n) is 4.46. The average Bonchev–Trinajstić information content (AvgIpc) is 2.75. The maximum Gasteiger partial charge on any atom is 0.232 e. The molecule has 0 aliphatic carbocycles. The number of anilines is 1. The highest BCUT2D eigenvalue weighted by Gasteiger charge is 2.38. The monoisotopic (exact) mass is 254 g/mol. The van der Waals surface area contributed by atoms with Crippen LogP contribution in [0.3, 0.4) is 0 Å². The molecule has 1 saturated heterocycles. The van der Waals surface area contributed by atoms with Crippen molar-refractivity contribution in [2.45, 2.75) is 33.1 Å². The van der Waals surface area contributed by atoms with E-state index in [2.05, 4.69) is 27.8 Å². The predicted octanol–water partition coefficient (Wildman–Crippen LogP) is 1.56. The van der Waals surface area contributed by atoms with E-state index in [9.17, 15) is 4.79 Å². The number of hydrogen-bond acceptors (Lipinski definition) is 5. The molecular formula is C11H18N4OS. The van der Waals surface area contributed by atoms with Crippen LogP contribution >= 0.6 is 11.3 Å². The van der Waals surface area contributed by atoms with E-state index in [0.29, 0.717) is 5.13 Å². The van der Waals surface area contributed by atoms with E-state index >= 15 is 0 Å². The molecule has 17 heavy (non-hydrogen) atoms. The van der Waals surface area contributed by atoms with Crippen molar-refractivity contribution < 1.29 is 4.79 Å². The first-order valence-electron chi connectivity index (χ1n) is 5.98. The second-order valence-corrected chi connectivity index (χ2v) is 5.65. The zero-order chi connectivity index (χ0) is 12.3. The van der Waals surface area contributed by atoms with Gasteiger partial charge in [0.15, 0.2) is 0 Å². The number of nitrogens with one attached hydrogen (secondary N) is 2. The Hall–Kier alpha value is -1.01. The van der Waals surface area contributed by atoms with Gasteiger partial charge in [-0.1, -0.05) is 18.3 Å². The van der Waals surface area contributed by atoms with E-state index in [1.54, 1.807) is 0 Å². The fourth-order valence-electron chi connectivity index (χ4n) is 2.22. The maximum atomic E-state index is 12.3. The molecule has 5 nitrogen and oxygen atoms in total. The van der Waals surface area contributed by atoms with Crippen LogP contribution in [0.2, 0.25) is 0 Å². The summed E-state index contributed by atoms with van der Waals surface area (Å²) in [6.45, 7) is 5.79. The van der Waals surface area contributed by atoms with Crippen molar-refractivity contribution in [1.29, 1.82) is 0 Å². The lowest BCUT2D eigenvalue weighted by molar-refractivity contribution is -0.127. The van der Waals surface area contributed by atoms with Crippen molar-refractivity contribution in [1.82, 2.24) is 15.5 Å². The number of rotatable bonds is 3. The number of hydrogen-bond donors (Lipinski definition) is 2. The molecule has 1 aliphatic heterocycles. The number of amides is 1. The van der Waals surface area contributed by atoms with Crippen LogP contribution in [0.4, 0.5) is 5.13 Å². The first kappa shape index (κ1) is 12.4. The molecule has 1 aromatic heterocycles. The van der Waals surface area contributed by atoms with E-state index in [-0.39, 0.29) is 11.3 Å². The highest BCUT2D eigenvalue weighted by atomic mass is 32.1. The minimum Gasteiger partial charge on any atom is -0.317 e. The quantitative estimate of drug-likeness (QED) is 0.859. The van der Waals surface area contributed by atoms with E-state index in [0.717, 1.165) is 37.4 Å². The lowest BCUT2D eigenvalue weighted by Crippen LogP contribution is -2.44. The minimum absolute atomic E-state index is 0.0950. The Balaban J connectivity index is 2.07. The molecule has 2 heterocycles. The van der Waals surface area contributed by atoms with Crippen LogP contribution in [-0.2, 0) is 4.79 Å². The number of nitrogens with zero attached hydrogens (tertiary/aromatic N) is 2. The van der Waals surface area contributed by atoms with Crippen LogP contribution in [0.5, 0.6) is 0 Å². The average molecular weight is 254 g/mol. The van der Waals surface area contributed by atoms with Gasteiger partial charge in [-0.2, -0.15) is 0 Å². The van der Waals surface area contributed by atoms with Gasteiger partial charge >= 0.3 is 0 Å². The molecule has 2 rings (SSSR count). The first-order valence-corrected chi connectivity index (χ1v) is 6.80. The largest absolute Gasteiger partial charge is 0.317 e. The third kappa shape index (κ3) is 2.63. The topological polar surface area (TPSA) is 66.9 Å². The summed E-state index contributed by atoms with van der Waals surface area (Å²) in [4.78, 5) is 12.3. The van der Waals surface area contributed by atoms with Gasteiger partial charge in [-0.15, -0.1) is 10.2 Å². The Bertz CT molecular complexity index is 398. The summed E-state index contributed by atoms with van der Waals surface area (Å²) < 4.78 is 0.